The molecule has 0 aliphatic carbocycles. The van der Waals surface area contributed by atoms with Crippen molar-refractivity contribution in [3.05, 3.63) is 12.2 Å². The van der Waals surface area contributed by atoms with E-state index < -0.39 is 5.97 Å². The minimum atomic E-state index is -0.656. The Bertz CT molecular complexity index is 296. The van der Waals surface area contributed by atoms with Gasteiger partial charge in [-0.05, 0) is 32.1 Å². The van der Waals surface area contributed by atoms with E-state index in [1.54, 1.807) is 0 Å². The van der Waals surface area contributed by atoms with Crippen LogP contribution in [0.5, 0.6) is 0 Å². The number of carboxylic acids is 1. The highest BCUT2D eigenvalue weighted by Crippen LogP contribution is 2.12. The van der Waals surface area contributed by atoms with Crippen LogP contribution < -0.4 is 0 Å². The number of aliphatic carboxylic acids is 1. The lowest BCUT2D eigenvalue weighted by atomic mass is 10.1. The molecule has 0 fully saturated rings. The van der Waals surface area contributed by atoms with Gasteiger partial charge in [0.2, 0.25) is 0 Å². The molecule has 0 saturated carbocycles. The van der Waals surface area contributed by atoms with Crippen LogP contribution in [0.25, 0.3) is 0 Å². The van der Waals surface area contributed by atoms with Crippen LogP contribution in [0.4, 0.5) is 0 Å². The Hall–Kier alpha value is -0.790. The molecule has 25 heavy (non-hydrogen) atoms. The first-order chi connectivity index (χ1) is 12.3. The van der Waals surface area contributed by atoms with Crippen molar-refractivity contribution in [1.82, 2.24) is 0 Å². The second-order valence-electron chi connectivity index (χ2n) is 7.50. The van der Waals surface area contributed by atoms with Crippen molar-refractivity contribution in [3.8, 4) is 0 Å². The van der Waals surface area contributed by atoms with Gasteiger partial charge in [-0.25, -0.2) is 0 Å². The molecule has 0 atom stereocenters. The fourth-order valence-electron chi connectivity index (χ4n) is 3.23. The Morgan fingerprint density at radius 2 is 0.960 bits per heavy atom. The summed E-state index contributed by atoms with van der Waals surface area (Å²) in [7, 11) is 0. The van der Waals surface area contributed by atoms with Gasteiger partial charge in [-0.2, -0.15) is 0 Å². The third-order valence-electron chi connectivity index (χ3n) is 4.90. The van der Waals surface area contributed by atoms with Crippen molar-refractivity contribution in [2.45, 2.75) is 129 Å². The quantitative estimate of drug-likeness (QED) is 0.178. The molecule has 0 aliphatic rings. The second-order valence-corrected chi connectivity index (χ2v) is 7.50. The number of allylic oxidation sites excluding steroid dienone is 2. The molecule has 0 heterocycles. The van der Waals surface area contributed by atoms with E-state index in [0.29, 0.717) is 6.42 Å². The topological polar surface area (TPSA) is 37.3 Å². The average molecular weight is 353 g/mol. The van der Waals surface area contributed by atoms with E-state index in [9.17, 15) is 4.79 Å². The predicted octanol–water partition coefficient (Wildman–Crippen LogP) is 8.06. The minimum absolute atomic E-state index is 0.340. The molecular formula is C23H44O2. The molecule has 0 aromatic rings. The first-order valence-electron chi connectivity index (χ1n) is 11.1. The number of rotatable bonds is 20. The molecule has 2 nitrogen and oxygen atoms in total. The van der Waals surface area contributed by atoms with E-state index in [1.807, 2.05) is 0 Å². The van der Waals surface area contributed by atoms with Crippen LogP contribution in [0, 0.1) is 0 Å². The summed E-state index contributed by atoms with van der Waals surface area (Å²) < 4.78 is 0. The number of hydrogen-bond acceptors (Lipinski definition) is 1. The van der Waals surface area contributed by atoms with Crippen LogP contribution in [0.3, 0.4) is 0 Å². The minimum Gasteiger partial charge on any atom is -0.481 e. The molecule has 0 rings (SSSR count). The summed E-state index contributed by atoms with van der Waals surface area (Å²) in [5.41, 5.74) is 0. The highest BCUT2D eigenvalue weighted by Gasteiger charge is 1.96. The van der Waals surface area contributed by atoms with Crippen molar-refractivity contribution in [2.24, 2.45) is 0 Å². The normalized spacial score (nSPS) is 11.4. The van der Waals surface area contributed by atoms with Crippen LogP contribution in [0.2, 0.25) is 0 Å². The molecule has 0 amide bonds. The Morgan fingerprint density at radius 3 is 1.36 bits per heavy atom. The van der Waals surface area contributed by atoms with Crippen molar-refractivity contribution < 1.29 is 9.90 Å². The van der Waals surface area contributed by atoms with Crippen LogP contribution in [-0.2, 0) is 4.79 Å². The summed E-state index contributed by atoms with van der Waals surface area (Å²) >= 11 is 0. The van der Waals surface area contributed by atoms with Gasteiger partial charge in [0.05, 0.1) is 0 Å². The summed E-state index contributed by atoms with van der Waals surface area (Å²) in [6.07, 6.45) is 28.6. The molecule has 148 valence electrons. The zero-order chi connectivity index (χ0) is 18.4. The summed E-state index contributed by atoms with van der Waals surface area (Å²) in [4.78, 5) is 10.4. The van der Waals surface area contributed by atoms with Gasteiger partial charge in [-0.1, -0.05) is 103 Å². The molecular weight excluding hydrogens is 308 g/mol. The molecule has 0 saturated heterocycles. The van der Waals surface area contributed by atoms with Crippen molar-refractivity contribution in [2.75, 3.05) is 0 Å². The fourth-order valence-corrected chi connectivity index (χ4v) is 3.23. The largest absolute Gasteiger partial charge is 0.481 e. The van der Waals surface area contributed by atoms with Crippen molar-refractivity contribution >= 4 is 5.97 Å². The number of unbranched alkanes of at least 4 members (excludes halogenated alkanes) is 16. The summed E-state index contributed by atoms with van der Waals surface area (Å²) in [5, 5.41) is 8.56. The lowest BCUT2D eigenvalue weighted by Gasteiger charge is -2.01. The summed E-state index contributed by atoms with van der Waals surface area (Å²) in [5.74, 6) is -0.656. The van der Waals surface area contributed by atoms with E-state index in [4.69, 9.17) is 5.11 Å². The zero-order valence-electron chi connectivity index (χ0n) is 16.9. The van der Waals surface area contributed by atoms with E-state index >= 15 is 0 Å². The third kappa shape index (κ3) is 23.2. The SMILES string of the molecule is CCCCCCCCC/C=C/CCCCCCCCCCCC(=O)O. The van der Waals surface area contributed by atoms with Gasteiger partial charge in [-0.15, -0.1) is 0 Å². The molecule has 1 N–H and O–H groups in total. The molecule has 0 aromatic heterocycles. The van der Waals surface area contributed by atoms with Gasteiger partial charge in [0.25, 0.3) is 0 Å². The van der Waals surface area contributed by atoms with Gasteiger partial charge in [-0.3, -0.25) is 4.79 Å². The lowest BCUT2D eigenvalue weighted by Crippen LogP contribution is -1.93. The molecule has 0 spiro atoms. The molecule has 0 unspecified atom stereocenters. The van der Waals surface area contributed by atoms with Crippen LogP contribution in [0.1, 0.15) is 129 Å². The van der Waals surface area contributed by atoms with Gasteiger partial charge in [0, 0.05) is 6.42 Å². The first-order valence-corrected chi connectivity index (χ1v) is 11.1. The summed E-state index contributed by atoms with van der Waals surface area (Å²) in [6, 6.07) is 0. The van der Waals surface area contributed by atoms with Gasteiger partial charge in [0.1, 0.15) is 0 Å². The second kappa shape index (κ2) is 21.3. The van der Waals surface area contributed by atoms with Gasteiger partial charge in [0.15, 0.2) is 0 Å². The number of carbonyl (C=O) groups is 1. The molecule has 0 bridgehead atoms. The fraction of sp³-hybridized carbons (Fsp3) is 0.870. The van der Waals surface area contributed by atoms with E-state index in [-0.39, 0.29) is 0 Å². The van der Waals surface area contributed by atoms with Crippen LogP contribution in [-0.4, -0.2) is 11.1 Å². The Labute approximate surface area is 157 Å². The van der Waals surface area contributed by atoms with Crippen LogP contribution >= 0.6 is 0 Å². The maximum absolute atomic E-state index is 10.4. The molecule has 0 aliphatic heterocycles. The molecule has 0 radical (unpaired) electrons. The van der Waals surface area contributed by atoms with E-state index in [1.165, 1.54) is 103 Å². The molecule has 0 aromatic carbocycles. The number of carboxylic acid groups (broad SMARTS) is 1. The smallest absolute Gasteiger partial charge is 0.303 e. The van der Waals surface area contributed by atoms with Crippen molar-refractivity contribution in [1.29, 1.82) is 0 Å². The van der Waals surface area contributed by atoms with E-state index in [2.05, 4.69) is 19.1 Å². The van der Waals surface area contributed by atoms with Gasteiger partial charge >= 0.3 is 5.97 Å². The summed E-state index contributed by atoms with van der Waals surface area (Å²) in [6.45, 7) is 2.28. The highest BCUT2D eigenvalue weighted by atomic mass is 16.4. The van der Waals surface area contributed by atoms with Gasteiger partial charge < -0.3 is 5.11 Å². The first kappa shape index (κ1) is 24.2. The average Bonchev–Trinajstić information content (AvgIpc) is 2.60. The van der Waals surface area contributed by atoms with Crippen LogP contribution in [0.15, 0.2) is 12.2 Å². The monoisotopic (exact) mass is 352 g/mol. The predicted molar refractivity (Wildman–Crippen MR) is 110 cm³/mol. The maximum atomic E-state index is 10.4. The van der Waals surface area contributed by atoms with E-state index in [0.717, 1.165) is 12.8 Å². The maximum Gasteiger partial charge on any atom is 0.303 e. The zero-order valence-corrected chi connectivity index (χ0v) is 16.9. The van der Waals surface area contributed by atoms with Crippen molar-refractivity contribution in [3.63, 3.8) is 0 Å². The Kier molecular flexibility index (Phi) is 20.6. The Morgan fingerprint density at radius 1 is 0.600 bits per heavy atom. The number of hydrogen-bond donors (Lipinski definition) is 1. The third-order valence-corrected chi connectivity index (χ3v) is 4.90. The molecule has 2 heteroatoms. The highest BCUT2D eigenvalue weighted by molar-refractivity contribution is 5.66. The standard InChI is InChI=1S/C23H44O2/c1-2-3-4-5-6-7-8-9-10-11-12-13-14-15-16-17-18-19-20-21-22-23(24)25/h10-11H,2-9,12-22H2,1H3,(H,24,25)/b11-10+. The lowest BCUT2D eigenvalue weighted by molar-refractivity contribution is -0.137. The Balaban J connectivity index is 3.07.